The SMILES string of the molecule is CCC(C(=O)OCc1ccccc1)C1CCN(C(=O)OCCCc2nc(-c3ccc4ccccc4c3)oc2C)CC1. The Morgan fingerprint density at radius 2 is 1.71 bits per heavy atom. The van der Waals surface area contributed by atoms with Gasteiger partial charge in [-0.2, -0.15) is 0 Å². The minimum atomic E-state index is -0.295. The van der Waals surface area contributed by atoms with Crippen molar-refractivity contribution in [3.8, 4) is 11.5 Å². The number of carbonyl (C=O) groups excluding carboxylic acids is 2. The summed E-state index contributed by atoms with van der Waals surface area (Å²) in [6.45, 7) is 5.73. The van der Waals surface area contributed by atoms with Gasteiger partial charge in [-0.1, -0.05) is 67.6 Å². The summed E-state index contributed by atoms with van der Waals surface area (Å²) >= 11 is 0. The molecule has 0 aliphatic carbocycles. The predicted molar refractivity (Wildman–Crippen MR) is 158 cm³/mol. The van der Waals surface area contributed by atoms with Gasteiger partial charge < -0.3 is 18.8 Å². The summed E-state index contributed by atoms with van der Waals surface area (Å²) in [4.78, 5) is 31.9. The second-order valence-electron chi connectivity index (χ2n) is 10.7. The summed E-state index contributed by atoms with van der Waals surface area (Å²) in [5.41, 5.74) is 2.81. The van der Waals surface area contributed by atoms with Gasteiger partial charge in [-0.15, -0.1) is 0 Å². The molecule has 2 heterocycles. The van der Waals surface area contributed by atoms with Gasteiger partial charge in [-0.3, -0.25) is 4.79 Å². The first-order chi connectivity index (χ1) is 20.0. The normalized spacial score (nSPS) is 14.6. The van der Waals surface area contributed by atoms with Crippen molar-refractivity contribution in [1.82, 2.24) is 9.88 Å². The zero-order valence-corrected chi connectivity index (χ0v) is 23.9. The number of piperidine rings is 1. The monoisotopic (exact) mass is 554 g/mol. The van der Waals surface area contributed by atoms with Crippen molar-refractivity contribution in [3.63, 3.8) is 0 Å². The van der Waals surface area contributed by atoms with Crippen LogP contribution < -0.4 is 0 Å². The number of ether oxygens (including phenoxy) is 2. The number of oxazole rings is 1. The third-order valence-corrected chi connectivity index (χ3v) is 8.01. The van der Waals surface area contributed by atoms with Gasteiger partial charge in [-0.25, -0.2) is 9.78 Å². The number of nitrogens with zero attached hydrogens (tertiary/aromatic N) is 2. The summed E-state index contributed by atoms with van der Waals surface area (Å²) in [5.74, 6) is 1.30. The number of aromatic nitrogens is 1. The van der Waals surface area contributed by atoms with E-state index in [9.17, 15) is 9.59 Å². The van der Waals surface area contributed by atoms with E-state index in [1.54, 1.807) is 4.90 Å². The average molecular weight is 555 g/mol. The number of amides is 1. The Kier molecular flexibility index (Phi) is 9.34. The Morgan fingerprint density at radius 3 is 2.46 bits per heavy atom. The molecule has 1 amide bonds. The van der Waals surface area contributed by atoms with Crippen molar-refractivity contribution >= 4 is 22.8 Å². The maximum absolute atomic E-state index is 12.8. The molecule has 3 aromatic carbocycles. The molecule has 1 aliphatic rings. The van der Waals surface area contributed by atoms with Crippen LogP contribution in [0.2, 0.25) is 0 Å². The number of hydrogen-bond donors (Lipinski definition) is 0. The van der Waals surface area contributed by atoms with Gasteiger partial charge >= 0.3 is 12.1 Å². The summed E-state index contributed by atoms with van der Waals surface area (Å²) in [6, 6.07) is 24.1. The lowest BCUT2D eigenvalue weighted by molar-refractivity contribution is -0.152. The molecule has 41 heavy (non-hydrogen) atoms. The maximum atomic E-state index is 12.8. The zero-order valence-electron chi connectivity index (χ0n) is 23.9. The highest BCUT2D eigenvalue weighted by Crippen LogP contribution is 2.29. The van der Waals surface area contributed by atoms with E-state index in [1.807, 2.05) is 62.4 Å². The molecule has 1 saturated heterocycles. The van der Waals surface area contributed by atoms with Crippen LogP contribution in [0.1, 0.15) is 49.6 Å². The van der Waals surface area contributed by atoms with E-state index in [4.69, 9.17) is 18.9 Å². The van der Waals surface area contributed by atoms with E-state index < -0.39 is 0 Å². The van der Waals surface area contributed by atoms with Gasteiger partial charge in [-0.05, 0) is 73.4 Å². The summed E-state index contributed by atoms with van der Waals surface area (Å²) in [6.07, 6.45) is 3.30. The maximum Gasteiger partial charge on any atom is 0.409 e. The molecule has 0 bridgehead atoms. The highest BCUT2D eigenvalue weighted by molar-refractivity contribution is 5.86. The smallest absolute Gasteiger partial charge is 0.409 e. The number of esters is 1. The van der Waals surface area contributed by atoms with E-state index in [1.165, 1.54) is 5.39 Å². The number of fused-ring (bicyclic) bond motifs is 1. The van der Waals surface area contributed by atoms with Crippen molar-refractivity contribution in [1.29, 1.82) is 0 Å². The lowest BCUT2D eigenvalue weighted by Gasteiger charge is -2.34. The molecule has 0 saturated carbocycles. The number of aryl methyl sites for hydroxylation is 2. The molecule has 1 aliphatic heterocycles. The van der Waals surface area contributed by atoms with Crippen LogP contribution in [0.4, 0.5) is 4.79 Å². The molecule has 1 unspecified atom stereocenters. The van der Waals surface area contributed by atoms with E-state index in [0.29, 0.717) is 45.0 Å². The first-order valence-electron chi connectivity index (χ1n) is 14.6. The van der Waals surface area contributed by atoms with Crippen LogP contribution in [0.5, 0.6) is 0 Å². The van der Waals surface area contributed by atoms with Crippen molar-refractivity contribution in [3.05, 3.63) is 89.8 Å². The molecule has 0 spiro atoms. The summed E-state index contributed by atoms with van der Waals surface area (Å²) in [7, 11) is 0. The van der Waals surface area contributed by atoms with E-state index >= 15 is 0 Å². The van der Waals surface area contributed by atoms with Crippen LogP contribution in [0, 0.1) is 18.8 Å². The summed E-state index contributed by atoms with van der Waals surface area (Å²) < 4.78 is 17.1. The minimum Gasteiger partial charge on any atom is -0.461 e. The fourth-order valence-electron chi connectivity index (χ4n) is 5.61. The fraction of sp³-hybridized carbons (Fsp3) is 0.382. The molecular weight excluding hydrogens is 516 g/mol. The minimum absolute atomic E-state index is 0.149. The zero-order chi connectivity index (χ0) is 28.6. The van der Waals surface area contributed by atoms with Crippen LogP contribution in [0.3, 0.4) is 0 Å². The van der Waals surface area contributed by atoms with Crippen LogP contribution in [-0.4, -0.2) is 41.6 Å². The molecule has 7 nitrogen and oxygen atoms in total. The van der Waals surface area contributed by atoms with Gasteiger partial charge in [0, 0.05) is 18.7 Å². The Labute approximate surface area is 241 Å². The highest BCUT2D eigenvalue weighted by Gasteiger charge is 2.33. The first kappa shape index (κ1) is 28.4. The number of likely N-dealkylation sites (tertiary alicyclic amines) is 1. The Bertz CT molecular complexity index is 1460. The van der Waals surface area contributed by atoms with E-state index in [0.717, 1.165) is 47.2 Å². The molecule has 214 valence electrons. The Balaban J connectivity index is 1.04. The van der Waals surface area contributed by atoms with Crippen LogP contribution in [0.15, 0.2) is 77.2 Å². The second-order valence-corrected chi connectivity index (χ2v) is 10.7. The number of carbonyl (C=O) groups is 2. The third-order valence-electron chi connectivity index (χ3n) is 8.01. The lowest BCUT2D eigenvalue weighted by atomic mass is 9.83. The standard InChI is InChI=1S/C34H38N2O5/c1-3-30(33(37)40-23-25-10-5-4-6-11-25)27-17-19-36(20-18-27)34(38)39-21-9-14-31-24(2)41-32(35-31)29-16-15-26-12-7-8-13-28(26)22-29/h4-8,10-13,15-16,22,27,30H,3,9,14,17-21,23H2,1-2H3. The quantitative estimate of drug-likeness (QED) is 0.151. The van der Waals surface area contributed by atoms with Crippen molar-refractivity contribution < 1.29 is 23.5 Å². The molecule has 1 atom stereocenters. The van der Waals surface area contributed by atoms with Crippen molar-refractivity contribution in [2.75, 3.05) is 19.7 Å². The molecule has 5 rings (SSSR count). The molecule has 4 aromatic rings. The Morgan fingerprint density at radius 1 is 0.976 bits per heavy atom. The summed E-state index contributed by atoms with van der Waals surface area (Å²) in [5, 5.41) is 2.32. The van der Waals surface area contributed by atoms with Crippen LogP contribution >= 0.6 is 0 Å². The van der Waals surface area contributed by atoms with Gasteiger partial charge in [0.05, 0.1) is 18.2 Å². The van der Waals surface area contributed by atoms with Gasteiger partial charge in [0.25, 0.3) is 0 Å². The van der Waals surface area contributed by atoms with Crippen molar-refractivity contribution in [2.24, 2.45) is 11.8 Å². The second kappa shape index (κ2) is 13.5. The van der Waals surface area contributed by atoms with E-state index in [2.05, 4.69) is 24.3 Å². The highest BCUT2D eigenvalue weighted by atomic mass is 16.6. The van der Waals surface area contributed by atoms with Gasteiger partial charge in [0.15, 0.2) is 0 Å². The van der Waals surface area contributed by atoms with Crippen LogP contribution in [-0.2, 0) is 27.3 Å². The molecule has 0 N–H and O–H groups in total. The number of benzene rings is 3. The Hall–Kier alpha value is -4.13. The van der Waals surface area contributed by atoms with Gasteiger partial charge in [0.2, 0.25) is 5.89 Å². The topological polar surface area (TPSA) is 81.9 Å². The molecule has 7 heteroatoms. The number of hydrogen-bond acceptors (Lipinski definition) is 6. The predicted octanol–water partition coefficient (Wildman–Crippen LogP) is 7.35. The van der Waals surface area contributed by atoms with Gasteiger partial charge in [0.1, 0.15) is 12.4 Å². The molecule has 1 aromatic heterocycles. The fourth-order valence-corrected chi connectivity index (χ4v) is 5.61. The largest absolute Gasteiger partial charge is 0.461 e. The number of rotatable bonds is 10. The van der Waals surface area contributed by atoms with E-state index in [-0.39, 0.29) is 23.9 Å². The van der Waals surface area contributed by atoms with Crippen LogP contribution in [0.25, 0.3) is 22.2 Å². The molecule has 1 fully saturated rings. The lowest BCUT2D eigenvalue weighted by Crippen LogP contribution is -2.41. The first-order valence-corrected chi connectivity index (χ1v) is 14.6. The third kappa shape index (κ3) is 7.15. The average Bonchev–Trinajstić information content (AvgIpc) is 3.39. The van der Waals surface area contributed by atoms with Crippen molar-refractivity contribution in [2.45, 2.75) is 52.6 Å². The molecular formula is C34H38N2O5. The molecule has 0 radical (unpaired) electrons.